The van der Waals surface area contributed by atoms with Crippen LogP contribution in [0.5, 0.6) is 0 Å². The lowest BCUT2D eigenvalue weighted by atomic mass is 10.0. The largest absolute Gasteiger partial charge is 0.377 e. The van der Waals surface area contributed by atoms with E-state index in [9.17, 15) is 9.18 Å². The lowest BCUT2D eigenvalue weighted by molar-refractivity contribution is 0.0639. The van der Waals surface area contributed by atoms with Crippen LogP contribution in [0.1, 0.15) is 13.8 Å². The van der Waals surface area contributed by atoms with E-state index >= 15 is 0 Å². The van der Waals surface area contributed by atoms with Gasteiger partial charge in [-0.1, -0.05) is 11.6 Å². The normalized spacial score (nSPS) is 17.3. The molecule has 1 N–H and O–H groups in total. The second-order valence-corrected chi connectivity index (χ2v) is 6.31. The van der Waals surface area contributed by atoms with Crippen molar-refractivity contribution in [1.29, 1.82) is 0 Å². The number of anilines is 1. The number of hydrogen-bond acceptors (Lipinski definition) is 5. The molecule has 1 aliphatic heterocycles. The first-order chi connectivity index (χ1) is 10.9. The van der Waals surface area contributed by atoms with Gasteiger partial charge in [-0.05, 0) is 19.9 Å². The number of nitrogens with one attached hydrogen (secondary N) is 1. The summed E-state index contributed by atoms with van der Waals surface area (Å²) in [5, 5.41) is 0.0123. The van der Waals surface area contributed by atoms with Crippen molar-refractivity contribution in [2.24, 2.45) is 0 Å². The van der Waals surface area contributed by atoms with Crippen LogP contribution in [0.15, 0.2) is 23.1 Å². The van der Waals surface area contributed by atoms with E-state index in [4.69, 9.17) is 16.3 Å². The van der Waals surface area contributed by atoms with Crippen molar-refractivity contribution in [3.63, 3.8) is 0 Å². The first-order valence-corrected chi connectivity index (χ1v) is 7.53. The fourth-order valence-corrected chi connectivity index (χ4v) is 2.75. The third-order valence-electron chi connectivity index (χ3n) is 3.75. The average molecular weight is 339 g/mol. The maximum atomic E-state index is 13.3. The second kappa shape index (κ2) is 5.90. The SMILES string of the molecule is CC1(C)COCCN1c1nc(-c2ccnc(F)c2)[nH]c(=O)c1Cl. The van der Waals surface area contributed by atoms with Gasteiger partial charge in [0.15, 0.2) is 5.82 Å². The van der Waals surface area contributed by atoms with Crippen molar-refractivity contribution in [3.05, 3.63) is 39.7 Å². The molecule has 0 radical (unpaired) electrons. The predicted molar refractivity (Wildman–Crippen MR) is 85.3 cm³/mol. The molecule has 0 saturated carbocycles. The number of nitrogens with zero attached hydrogens (tertiary/aromatic N) is 3. The minimum atomic E-state index is -0.645. The summed E-state index contributed by atoms with van der Waals surface area (Å²) in [6, 6.07) is 2.78. The van der Waals surface area contributed by atoms with Crippen molar-refractivity contribution in [3.8, 4) is 11.4 Å². The van der Waals surface area contributed by atoms with E-state index in [1.54, 1.807) is 6.07 Å². The molecule has 2 aromatic heterocycles. The number of hydrogen-bond donors (Lipinski definition) is 1. The van der Waals surface area contributed by atoms with E-state index < -0.39 is 11.5 Å². The Labute approximate surface area is 137 Å². The highest BCUT2D eigenvalue weighted by Gasteiger charge is 2.33. The molecular formula is C15H16ClFN4O2. The van der Waals surface area contributed by atoms with E-state index in [1.807, 2.05) is 18.7 Å². The Hall–Kier alpha value is -1.99. The second-order valence-electron chi connectivity index (χ2n) is 5.94. The van der Waals surface area contributed by atoms with E-state index in [2.05, 4.69) is 15.0 Å². The number of aromatic nitrogens is 3. The molecule has 0 aromatic carbocycles. The maximum absolute atomic E-state index is 13.3. The monoisotopic (exact) mass is 338 g/mol. The number of halogens is 2. The summed E-state index contributed by atoms with van der Waals surface area (Å²) in [4.78, 5) is 24.6. The van der Waals surface area contributed by atoms with Gasteiger partial charge in [0.1, 0.15) is 10.8 Å². The fraction of sp³-hybridized carbons (Fsp3) is 0.400. The molecule has 2 aromatic rings. The molecule has 0 amide bonds. The molecule has 6 nitrogen and oxygen atoms in total. The number of rotatable bonds is 2. The van der Waals surface area contributed by atoms with Crippen LogP contribution >= 0.6 is 11.6 Å². The van der Waals surface area contributed by atoms with Gasteiger partial charge in [0.05, 0.1) is 18.8 Å². The molecule has 0 unspecified atom stereocenters. The van der Waals surface area contributed by atoms with Gasteiger partial charge >= 0.3 is 0 Å². The Morgan fingerprint density at radius 1 is 1.48 bits per heavy atom. The van der Waals surface area contributed by atoms with Crippen LogP contribution in [0.2, 0.25) is 5.02 Å². The molecule has 23 heavy (non-hydrogen) atoms. The van der Waals surface area contributed by atoms with Crippen LogP contribution < -0.4 is 10.5 Å². The molecule has 8 heteroatoms. The summed E-state index contributed by atoms with van der Waals surface area (Å²) in [6.45, 7) is 5.55. The van der Waals surface area contributed by atoms with E-state index in [0.717, 1.165) is 0 Å². The van der Waals surface area contributed by atoms with Crippen molar-refractivity contribution in [2.45, 2.75) is 19.4 Å². The average Bonchev–Trinajstić information content (AvgIpc) is 2.50. The molecule has 1 saturated heterocycles. The van der Waals surface area contributed by atoms with Gasteiger partial charge < -0.3 is 14.6 Å². The summed E-state index contributed by atoms with van der Waals surface area (Å²) >= 11 is 6.17. The van der Waals surface area contributed by atoms with Gasteiger partial charge in [-0.2, -0.15) is 4.39 Å². The van der Waals surface area contributed by atoms with Gasteiger partial charge in [0.2, 0.25) is 5.95 Å². The minimum absolute atomic E-state index is 0.0123. The Morgan fingerprint density at radius 3 is 2.96 bits per heavy atom. The Balaban J connectivity index is 2.12. The highest BCUT2D eigenvalue weighted by atomic mass is 35.5. The standard InChI is InChI=1S/C15H16ClFN4O2/c1-15(2)8-23-6-5-21(15)13-11(16)14(22)20-12(19-13)9-3-4-18-10(17)7-9/h3-4,7H,5-6,8H2,1-2H3,(H,19,20,22). The van der Waals surface area contributed by atoms with Crippen LogP contribution in [-0.2, 0) is 4.74 Å². The van der Waals surface area contributed by atoms with E-state index in [-0.39, 0.29) is 16.4 Å². The molecule has 3 heterocycles. The first-order valence-electron chi connectivity index (χ1n) is 7.15. The molecule has 3 rings (SSSR count). The van der Waals surface area contributed by atoms with Gasteiger partial charge in [-0.15, -0.1) is 0 Å². The van der Waals surface area contributed by atoms with Crippen molar-refractivity contribution in [2.75, 3.05) is 24.7 Å². The zero-order valence-electron chi connectivity index (χ0n) is 12.8. The highest BCUT2D eigenvalue weighted by molar-refractivity contribution is 6.32. The summed E-state index contributed by atoms with van der Waals surface area (Å²) in [5.41, 5.74) is -0.395. The van der Waals surface area contributed by atoms with Gasteiger partial charge in [0.25, 0.3) is 5.56 Å². The van der Waals surface area contributed by atoms with Crippen LogP contribution in [0.25, 0.3) is 11.4 Å². The third kappa shape index (κ3) is 3.07. The van der Waals surface area contributed by atoms with E-state index in [0.29, 0.717) is 31.1 Å². The van der Waals surface area contributed by atoms with Gasteiger partial charge in [-0.25, -0.2) is 9.97 Å². The number of ether oxygens (including phenoxy) is 1. The number of aromatic amines is 1. The summed E-state index contributed by atoms with van der Waals surface area (Å²) < 4.78 is 18.8. The van der Waals surface area contributed by atoms with Crippen molar-refractivity contribution in [1.82, 2.24) is 15.0 Å². The zero-order chi connectivity index (χ0) is 16.6. The lowest BCUT2D eigenvalue weighted by Crippen LogP contribution is -2.54. The lowest BCUT2D eigenvalue weighted by Gasteiger charge is -2.43. The molecule has 0 aliphatic carbocycles. The van der Waals surface area contributed by atoms with Crippen LogP contribution in [0, 0.1) is 5.95 Å². The third-order valence-corrected chi connectivity index (χ3v) is 4.09. The van der Waals surface area contributed by atoms with E-state index in [1.165, 1.54) is 12.3 Å². The Morgan fingerprint density at radius 2 is 2.26 bits per heavy atom. The Bertz CT molecular complexity index is 793. The van der Waals surface area contributed by atoms with Gasteiger partial charge in [-0.3, -0.25) is 4.79 Å². The zero-order valence-corrected chi connectivity index (χ0v) is 13.5. The minimum Gasteiger partial charge on any atom is -0.377 e. The first kappa shape index (κ1) is 15.9. The fourth-order valence-electron chi connectivity index (χ4n) is 2.56. The molecule has 0 atom stereocenters. The molecule has 0 bridgehead atoms. The summed E-state index contributed by atoms with van der Waals surface area (Å²) in [5.74, 6) is -0.0257. The molecule has 122 valence electrons. The highest BCUT2D eigenvalue weighted by Crippen LogP contribution is 2.30. The summed E-state index contributed by atoms with van der Waals surface area (Å²) in [6.07, 6.45) is 1.32. The van der Waals surface area contributed by atoms with Crippen LogP contribution in [-0.4, -0.2) is 40.2 Å². The van der Waals surface area contributed by atoms with Crippen molar-refractivity contribution < 1.29 is 9.13 Å². The number of H-pyrrole nitrogens is 1. The van der Waals surface area contributed by atoms with Gasteiger partial charge in [0, 0.05) is 24.4 Å². The summed E-state index contributed by atoms with van der Waals surface area (Å²) in [7, 11) is 0. The molecule has 1 aliphatic rings. The smallest absolute Gasteiger partial charge is 0.272 e. The van der Waals surface area contributed by atoms with Crippen molar-refractivity contribution >= 4 is 17.4 Å². The van der Waals surface area contributed by atoms with Crippen LogP contribution in [0.4, 0.5) is 10.2 Å². The maximum Gasteiger partial charge on any atom is 0.272 e. The van der Waals surface area contributed by atoms with Crippen LogP contribution in [0.3, 0.4) is 0 Å². The molecular weight excluding hydrogens is 323 g/mol. The molecule has 0 spiro atoms. The topological polar surface area (TPSA) is 71.1 Å². The molecule has 1 fully saturated rings. The number of morpholine rings is 1. The number of pyridine rings is 1. The predicted octanol–water partition coefficient (Wildman–Crippen LogP) is 2.24. The quantitative estimate of drug-likeness (QED) is 0.850. The Kier molecular flexibility index (Phi) is 4.08.